The molecule has 0 atom stereocenters. The Labute approximate surface area is 136 Å². The number of aromatic nitrogens is 2. The van der Waals surface area contributed by atoms with Gasteiger partial charge in [-0.05, 0) is 65.0 Å². The average Bonchev–Trinajstić information content (AvgIpc) is 2.71. The smallest absolute Gasteiger partial charge is 0.240 e. The van der Waals surface area contributed by atoms with Crippen LogP contribution in [0, 0.1) is 11.0 Å². The van der Waals surface area contributed by atoms with Crippen LogP contribution in [0.2, 0.25) is 0 Å². The van der Waals surface area contributed by atoms with E-state index >= 15 is 0 Å². The minimum atomic E-state index is -0.417. The average molecular weight is 370 g/mol. The molecule has 0 N–H and O–H groups in total. The van der Waals surface area contributed by atoms with Gasteiger partial charge in [-0.2, -0.15) is 0 Å². The standard InChI is InChI=1S/C15H17BrFN3O2/c16-12-6-5-11(9-13(12)17)15-14(18-22-20(15)21)10-19-7-3-1-2-4-8-19/h5-6,9H,1-4,7-8,10H2. The van der Waals surface area contributed by atoms with Crippen LogP contribution in [0.1, 0.15) is 31.4 Å². The molecule has 0 spiro atoms. The van der Waals surface area contributed by atoms with Gasteiger partial charge in [-0.25, -0.2) is 4.39 Å². The molecule has 7 heteroatoms. The van der Waals surface area contributed by atoms with E-state index in [1.54, 1.807) is 12.1 Å². The zero-order valence-corrected chi connectivity index (χ0v) is 13.7. The van der Waals surface area contributed by atoms with Gasteiger partial charge in [-0.15, -0.1) is 0 Å². The Morgan fingerprint density at radius 1 is 1.27 bits per heavy atom. The van der Waals surface area contributed by atoms with E-state index in [-0.39, 0.29) is 5.69 Å². The lowest BCUT2D eigenvalue weighted by atomic mass is 10.1. The third kappa shape index (κ3) is 3.30. The maximum Gasteiger partial charge on any atom is 0.240 e. The summed E-state index contributed by atoms with van der Waals surface area (Å²) in [6.07, 6.45) is 4.78. The Morgan fingerprint density at radius 2 is 2.00 bits per heavy atom. The van der Waals surface area contributed by atoms with E-state index in [1.807, 2.05) is 0 Å². The van der Waals surface area contributed by atoms with Gasteiger partial charge in [0.25, 0.3) is 0 Å². The molecule has 0 bridgehead atoms. The number of hydrogen-bond donors (Lipinski definition) is 0. The number of likely N-dealkylation sites (tertiary alicyclic amines) is 1. The molecule has 1 saturated heterocycles. The summed E-state index contributed by atoms with van der Waals surface area (Å²) in [7, 11) is 0. The van der Waals surface area contributed by atoms with Gasteiger partial charge in [-0.3, -0.25) is 9.53 Å². The minimum Gasteiger partial charge on any atom is -0.359 e. The van der Waals surface area contributed by atoms with Gasteiger partial charge in [0.1, 0.15) is 5.82 Å². The molecule has 1 aromatic carbocycles. The second-order valence-corrected chi connectivity index (χ2v) is 6.40. The molecule has 0 aliphatic carbocycles. The molecule has 3 rings (SSSR count). The predicted molar refractivity (Wildman–Crippen MR) is 82.3 cm³/mol. The molecule has 1 aromatic heterocycles. The van der Waals surface area contributed by atoms with Crippen LogP contribution in [0.4, 0.5) is 4.39 Å². The largest absolute Gasteiger partial charge is 0.359 e. The lowest BCUT2D eigenvalue weighted by Crippen LogP contribution is -2.28. The van der Waals surface area contributed by atoms with Crippen molar-refractivity contribution >= 4 is 15.9 Å². The minimum absolute atomic E-state index is 0.288. The predicted octanol–water partition coefficient (Wildman–Crippen LogP) is 3.25. The summed E-state index contributed by atoms with van der Waals surface area (Å²) in [5.74, 6) is -0.417. The van der Waals surface area contributed by atoms with Crippen LogP contribution in [0.15, 0.2) is 27.3 Å². The normalized spacial score (nSPS) is 16.6. The number of nitrogens with zero attached hydrogens (tertiary/aromatic N) is 3. The van der Waals surface area contributed by atoms with E-state index in [2.05, 4.69) is 26.0 Å². The molecule has 2 aromatic rings. The van der Waals surface area contributed by atoms with E-state index in [4.69, 9.17) is 4.63 Å². The lowest BCUT2D eigenvalue weighted by molar-refractivity contribution is -0.793. The second kappa shape index (κ2) is 6.75. The summed E-state index contributed by atoms with van der Waals surface area (Å²) in [6, 6.07) is 4.57. The molecule has 0 saturated carbocycles. The van der Waals surface area contributed by atoms with E-state index < -0.39 is 5.82 Å². The van der Waals surface area contributed by atoms with Crippen LogP contribution in [0.25, 0.3) is 11.3 Å². The molecule has 1 fully saturated rings. The zero-order chi connectivity index (χ0) is 15.5. The highest BCUT2D eigenvalue weighted by Crippen LogP contribution is 2.25. The highest BCUT2D eigenvalue weighted by atomic mass is 79.9. The SMILES string of the molecule is [O-][n+]1onc(CN2CCCCCC2)c1-c1ccc(Br)c(F)c1. The molecule has 1 aliphatic rings. The van der Waals surface area contributed by atoms with Crippen LogP contribution in [-0.2, 0) is 6.54 Å². The Morgan fingerprint density at radius 3 is 2.68 bits per heavy atom. The first-order chi connectivity index (χ1) is 10.6. The number of rotatable bonds is 3. The quantitative estimate of drug-likeness (QED) is 0.779. The van der Waals surface area contributed by atoms with Crippen molar-refractivity contribution in [1.82, 2.24) is 10.1 Å². The van der Waals surface area contributed by atoms with Gasteiger partial charge >= 0.3 is 0 Å². The fourth-order valence-electron chi connectivity index (χ4n) is 2.80. The molecule has 0 amide bonds. The van der Waals surface area contributed by atoms with Crippen molar-refractivity contribution in [3.63, 3.8) is 0 Å². The van der Waals surface area contributed by atoms with Crippen molar-refractivity contribution in [3.05, 3.63) is 39.4 Å². The summed E-state index contributed by atoms with van der Waals surface area (Å²) in [5, 5.41) is 15.7. The van der Waals surface area contributed by atoms with Crippen LogP contribution in [0.3, 0.4) is 0 Å². The summed E-state index contributed by atoms with van der Waals surface area (Å²) >= 11 is 3.11. The molecule has 22 heavy (non-hydrogen) atoms. The summed E-state index contributed by atoms with van der Waals surface area (Å²) in [6.45, 7) is 2.52. The van der Waals surface area contributed by atoms with Gasteiger partial charge in [0, 0.05) is 10.7 Å². The molecule has 0 unspecified atom stereocenters. The summed E-state index contributed by atoms with van der Waals surface area (Å²) < 4.78 is 18.8. The van der Waals surface area contributed by atoms with Crippen molar-refractivity contribution in [2.45, 2.75) is 32.2 Å². The molecular formula is C15H17BrFN3O2. The first kappa shape index (κ1) is 15.4. The fraction of sp³-hybridized carbons (Fsp3) is 0.467. The third-order valence-corrected chi connectivity index (χ3v) is 4.59. The Hall–Kier alpha value is -1.47. The summed E-state index contributed by atoms with van der Waals surface area (Å²) in [5.41, 5.74) is 1.32. The zero-order valence-electron chi connectivity index (χ0n) is 12.1. The Balaban J connectivity index is 1.88. The van der Waals surface area contributed by atoms with Crippen molar-refractivity contribution in [1.29, 1.82) is 0 Å². The highest BCUT2D eigenvalue weighted by molar-refractivity contribution is 9.10. The van der Waals surface area contributed by atoms with Crippen LogP contribution in [0.5, 0.6) is 0 Å². The summed E-state index contributed by atoms with van der Waals surface area (Å²) in [4.78, 5) is 2.62. The second-order valence-electron chi connectivity index (χ2n) is 5.54. The van der Waals surface area contributed by atoms with E-state index in [0.29, 0.717) is 27.2 Å². The molecule has 0 radical (unpaired) electrons. The van der Waals surface area contributed by atoms with Gasteiger partial charge in [0.15, 0.2) is 0 Å². The van der Waals surface area contributed by atoms with E-state index in [1.165, 1.54) is 18.9 Å². The Bertz CT molecular complexity index is 654. The molecular weight excluding hydrogens is 353 g/mol. The van der Waals surface area contributed by atoms with Gasteiger partial charge in [0.05, 0.1) is 11.0 Å². The lowest BCUT2D eigenvalue weighted by Gasteiger charge is -2.16. The molecule has 118 valence electrons. The fourth-order valence-corrected chi connectivity index (χ4v) is 3.05. The van der Waals surface area contributed by atoms with Crippen LogP contribution < -0.4 is 4.90 Å². The molecule has 2 heterocycles. The van der Waals surface area contributed by atoms with Crippen molar-refractivity contribution < 1.29 is 13.9 Å². The molecule has 1 aliphatic heterocycles. The number of halogens is 2. The van der Waals surface area contributed by atoms with Crippen molar-refractivity contribution in [3.8, 4) is 11.3 Å². The first-order valence-corrected chi connectivity index (χ1v) is 8.21. The van der Waals surface area contributed by atoms with E-state index in [9.17, 15) is 9.60 Å². The number of benzene rings is 1. The monoisotopic (exact) mass is 369 g/mol. The topological polar surface area (TPSA) is 56.2 Å². The van der Waals surface area contributed by atoms with Crippen molar-refractivity contribution in [2.24, 2.45) is 0 Å². The maximum absolute atomic E-state index is 13.7. The maximum atomic E-state index is 13.7. The van der Waals surface area contributed by atoms with Gasteiger partial charge < -0.3 is 5.21 Å². The third-order valence-electron chi connectivity index (χ3n) is 3.95. The van der Waals surface area contributed by atoms with E-state index in [0.717, 1.165) is 25.9 Å². The molecule has 5 nitrogen and oxygen atoms in total. The van der Waals surface area contributed by atoms with Crippen LogP contribution >= 0.6 is 15.9 Å². The Kier molecular flexibility index (Phi) is 4.73. The van der Waals surface area contributed by atoms with Crippen LogP contribution in [-0.4, -0.2) is 23.1 Å². The van der Waals surface area contributed by atoms with Crippen molar-refractivity contribution in [2.75, 3.05) is 13.1 Å². The first-order valence-electron chi connectivity index (χ1n) is 7.41. The number of hydrogen-bond acceptors (Lipinski definition) is 4. The highest BCUT2D eigenvalue weighted by Gasteiger charge is 2.24. The van der Waals surface area contributed by atoms with Gasteiger partial charge in [0.2, 0.25) is 11.4 Å². The van der Waals surface area contributed by atoms with Gasteiger partial charge in [-0.1, -0.05) is 12.8 Å².